The van der Waals surface area contributed by atoms with E-state index in [1.807, 2.05) is 0 Å². The van der Waals surface area contributed by atoms with Crippen LogP contribution in [-0.4, -0.2) is 8.07 Å². The SMILES string of the molecule is CC1=CC(C)=C(C)C1[Si](C)(C)C. The summed E-state index contributed by atoms with van der Waals surface area (Å²) < 4.78 is 0. The Bertz CT molecular complexity index is 251. The molecule has 0 amide bonds. The van der Waals surface area contributed by atoms with Gasteiger partial charge >= 0.3 is 0 Å². The highest BCUT2D eigenvalue weighted by atomic mass is 28.3. The van der Waals surface area contributed by atoms with E-state index in [0.29, 0.717) is 0 Å². The second kappa shape index (κ2) is 2.88. The standard InChI is InChI=1S/C11H20Si/c1-8-7-9(2)11(10(8)3)12(4,5)6/h7,11H,1-6H3. The molecule has 1 rings (SSSR count). The largest absolute Gasteiger partial charge is 0.0688 e. The second-order valence-electron chi connectivity index (χ2n) is 5.05. The van der Waals surface area contributed by atoms with Crippen LogP contribution in [0.5, 0.6) is 0 Å². The smallest absolute Gasteiger partial charge is 0.0565 e. The Morgan fingerprint density at radius 3 is 1.75 bits per heavy atom. The monoisotopic (exact) mass is 180 g/mol. The summed E-state index contributed by atoms with van der Waals surface area (Å²) >= 11 is 0. The zero-order valence-electron chi connectivity index (χ0n) is 9.15. The van der Waals surface area contributed by atoms with Crippen molar-refractivity contribution in [2.24, 2.45) is 0 Å². The molecule has 0 spiro atoms. The van der Waals surface area contributed by atoms with Crippen LogP contribution in [0, 0.1) is 0 Å². The maximum Gasteiger partial charge on any atom is 0.0565 e. The zero-order chi connectivity index (χ0) is 9.52. The van der Waals surface area contributed by atoms with Crippen molar-refractivity contribution in [3.63, 3.8) is 0 Å². The first-order chi connectivity index (χ1) is 5.34. The molecule has 0 nitrogen and oxygen atoms in total. The maximum atomic E-state index is 2.46. The summed E-state index contributed by atoms with van der Waals surface area (Å²) in [5, 5.41) is 0. The summed E-state index contributed by atoms with van der Waals surface area (Å²) in [5.41, 5.74) is 5.51. The van der Waals surface area contributed by atoms with Crippen LogP contribution in [-0.2, 0) is 0 Å². The van der Waals surface area contributed by atoms with E-state index in [9.17, 15) is 0 Å². The molecular formula is C11H20Si. The molecule has 0 aromatic carbocycles. The molecule has 0 radical (unpaired) electrons. The summed E-state index contributed by atoms with van der Waals surface area (Å²) in [4.78, 5) is 0. The molecule has 1 atom stereocenters. The molecule has 0 saturated carbocycles. The van der Waals surface area contributed by atoms with E-state index >= 15 is 0 Å². The minimum Gasteiger partial charge on any atom is -0.0688 e. The van der Waals surface area contributed by atoms with Gasteiger partial charge < -0.3 is 0 Å². The van der Waals surface area contributed by atoms with Gasteiger partial charge in [-0.1, -0.05) is 42.4 Å². The molecule has 0 saturated heterocycles. The average molecular weight is 180 g/mol. The fourth-order valence-electron chi connectivity index (χ4n) is 2.44. The van der Waals surface area contributed by atoms with Gasteiger partial charge in [0.1, 0.15) is 0 Å². The van der Waals surface area contributed by atoms with Crippen LogP contribution in [0.2, 0.25) is 25.2 Å². The highest BCUT2D eigenvalue weighted by molar-refractivity contribution is 6.79. The molecule has 0 bridgehead atoms. The molecule has 0 heterocycles. The van der Waals surface area contributed by atoms with Gasteiger partial charge in [-0.2, -0.15) is 0 Å². The van der Waals surface area contributed by atoms with E-state index in [2.05, 4.69) is 46.5 Å². The highest BCUT2D eigenvalue weighted by Crippen LogP contribution is 2.42. The van der Waals surface area contributed by atoms with Gasteiger partial charge in [0.05, 0.1) is 8.07 Å². The summed E-state index contributed by atoms with van der Waals surface area (Å²) in [7, 11) is -1.02. The predicted octanol–water partition coefficient (Wildman–Crippen LogP) is 3.99. The number of allylic oxidation sites excluding steroid dienone is 4. The van der Waals surface area contributed by atoms with Gasteiger partial charge in [0.25, 0.3) is 0 Å². The average Bonchev–Trinajstić information content (AvgIpc) is 2.05. The fourth-order valence-corrected chi connectivity index (χ4v) is 5.42. The van der Waals surface area contributed by atoms with Crippen LogP contribution in [0.25, 0.3) is 0 Å². The molecule has 1 heteroatoms. The Kier molecular flexibility index (Phi) is 2.35. The Hall–Kier alpha value is -0.303. The van der Waals surface area contributed by atoms with E-state index in [0.717, 1.165) is 5.54 Å². The minimum atomic E-state index is -1.02. The van der Waals surface area contributed by atoms with E-state index in [4.69, 9.17) is 0 Å². The van der Waals surface area contributed by atoms with Crippen molar-refractivity contribution in [2.45, 2.75) is 46.0 Å². The number of hydrogen-bond acceptors (Lipinski definition) is 0. The molecule has 1 aliphatic carbocycles. The Balaban J connectivity index is 3.02. The highest BCUT2D eigenvalue weighted by Gasteiger charge is 2.32. The van der Waals surface area contributed by atoms with Crippen LogP contribution < -0.4 is 0 Å². The van der Waals surface area contributed by atoms with Crippen LogP contribution in [0.3, 0.4) is 0 Å². The molecular weight excluding hydrogens is 160 g/mol. The molecule has 1 unspecified atom stereocenters. The van der Waals surface area contributed by atoms with Gasteiger partial charge in [-0.3, -0.25) is 0 Å². The van der Waals surface area contributed by atoms with Crippen molar-refractivity contribution in [1.29, 1.82) is 0 Å². The molecule has 68 valence electrons. The van der Waals surface area contributed by atoms with E-state index in [-0.39, 0.29) is 0 Å². The lowest BCUT2D eigenvalue weighted by Gasteiger charge is -2.28. The third-order valence-electron chi connectivity index (χ3n) is 2.82. The normalized spacial score (nSPS) is 24.8. The molecule has 0 fully saturated rings. The predicted molar refractivity (Wildman–Crippen MR) is 59.2 cm³/mol. The van der Waals surface area contributed by atoms with Crippen LogP contribution in [0.1, 0.15) is 20.8 Å². The maximum absolute atomic E-state index is 2.46. The molecule has 0 N–H and O–H groups in total. The van der Waals surface area contributed by atoms with Crippen LogP contribution in [0.4, 0.5) is 0 Å². The summed E-state index contributed by atoms with van der Waals surface area (Å²) in [6, 6.07) is 0. The Morgan fingerprint density at radius 1 is 1.08 bits per heavy atom. The van der Waals surface area contributed by atoms with Crippen molar-refractivity contribution >= 4 is 8.07 Å². The second-order valence-corrected chi connectivity index (χ2v) is 10.4. The van der Waals surface area contributed by atoms with Crippen molar-refractivity contribution < 1.29 is 0 Å². The zero-order valence-corrected chi connectivity index (χ0v) is 10.2. The Labute approximate surface area is 77.4 Å². The minimum absolute atomic E-state index is 0.803. The first kappa shape index (κ1) is 9.78. The quantitative estimate of drug-likeness (QED) is 0.535. The summed E-state index contributed by atoms with van der Waals surface area (Å²) in [5.74, 6) is 0. The van der Waals surface area contributed by atoms with Gasteiger partial charge in [-0.05, 0) is 26.3 Å². The number of rotatable bonds is 1. The third kappa shape index (κ3) is 1.56. The lowest BCUT2D eigenvalue weighted by molar-refractivity contribution is 1.07. The number of hydrogen-bond donors (Lipinski definition) is 0. The van der Waals surface area contributed by atoms with E-state index < -0.39 is 8.07 Å². The Morgan fingerprint density at radius 2 is 1.58 bits per heavy atom. The van der Waals surface area contributed by atoms with Crippen LogP contribution in [0.15, 0.2) is 22.8 Å². The first-order valence-electron chi connectivity index (χ1n) is 4.69. The van der Waals surface area contributed by atoms with Gasteiger partial charge in [0.2, 0.25) is 0 Å². The first-order valence-corrected chi connectivity index (χ1v) is 8.27. The van der Waals surface area contributed by atoms with Crippen molar-refractivity contribution in [2.75, 3.05) is 0 Å². The molecule has 0 aromatic rings. The summed E-state index contributed by atoms with van der Waals surface area (Å²) in [6.45, 7) is 14.2. The molecule has 12 heavy (non-hydrogen) atoms. The third-order valence-corrected chi connectivity index (χ3v) is 5.44. The van der Waals surface area contributed by atoms with Crippen molar-refractivity contribution in [3.8, 4) is 0 Å². The molecule has 0 aliphatic heterocycles. The van der Waals surface area contributed by atoms with Crippen molar-refractivity contribution in [1.82, 2.24) is 0 Å². The van der Waals surface area contributed by atoms with Gasteiger partial charge in [0.15, 0.2) is 0 Å². The van der Waals surface area contributed by atoms with E-state index in [1.54, 1.807) is 11.1 Å². The molecule has 1 aliphatic rings. The van der Waals surface area contributed by atoms with E-state index in [1.165, 1.54) is 5.57 Å². The lowest BCUT2D eigenvalue weighted by atomic mass is 10.1. The fraction of sp³-hybridized carbons (Fsp3) is 0.636. The summed E-state index contributed by atoms with van der Waals surface area (Å²) in [6.07, 6.45) is 2.36. The van der Waals surface area contributed by atoms with Gasteiger partial charge in [-0.15, -0.1) is 0 Å². The lowest BCUT2D eigenvalue weighted by Crippen LogP contribution is -2.28. The topological polar surface area (TPSA) is 0 Å². The van der Waals surface area contributed by atoms with Crippen molar-refractivity contribution in [3.05, 3.63) is 22.8 Å². The van der Waals surface area contributed by atoms with Crippen LogP contribution >= 0.6 is 0 Å². The van der Waals surface area contributed by atoms with Gasteiger partial charge in [-0.25, -0.2) is 0 Å². The molecule has 0 aromatic heterocycles. The van der Waals surface area contributed by atoms with Gasteiger partial charge in [0, 0.05) is 0 Å².